The fourth-order valence-corrected chi connectivity index (χ4v) is 4.43. The number of nitrogens with zero attached hydrogens (tertiary/aromatic N) is 2. The monoisotopic (exact) mass is 351 g/mol. The molecule has 0 bridgehead atoms. The Morgan fingerprint density at radius 3 is 2.64 bits per heavy atom. The lowest BCUT2D eigenvalue weighted by Crippen LogP contribution is -2.29. The lowest BCUT2D eigenvalue weighted by molar-refractivity contribution is 0.577. The minimum Gasteiger partial charge on any atom is -0.371 e. The lowest BCUT2D eigenvalue weighted by atomic mass is 10.1. The average molecular weight is 352 g/mol. The lowest BCUT2D eigenvalue weighted by Gasteiger charge is -2.28. The van der Waals surface area contributed by atoms with Gasteiger partial charge < -0.3 is 9.88 Å². The number of aromatic amines is 1. The van der Waals surface area contributed by atoms with Crippen LogP contribution < -0.4 is 4.90 Å². The summed E-state index contributed by atoms with van der Waals surface area (Å²) in [5, 5.41) is 2.55. The van der Waals surface area contributed by atoms with Crippen LogP contribution in [0.4, 0.5) is 5.69 Å². The van der Waals surface area contributed by atoms with Gasteiger partial charge in [-0.15, -0.1) is 11.8 Å². The Morgan fingerprint density at radius 1 is 1.04 bits per heavy atom. The van der Waals surface area contributed by atoms with Crippen molar-refractivity contribution >= 4 is 28.4 Å². The highest BCUT2D eigenvalue weighted by Gasteiger charge is 2.12. The first-order valence-corrected chi connectivity index (χ1v) is 10.1. The first-order chi connectivity index (χ1) is 12.2. The molecular formula is C21H25N3S. The van der Waals surface area contributed by atoms with E-state index in [2.05, 4.69) is 59.0 Å². The number of anilines is 1. The molecule has 0 atom stereocenters. The van der Waals surface area contributed by atoms with Gasteiger partial charge in [0.1, 0.15) is 0 Å². The van der Waals surface area contributed by atoms with E-state index in [4.69, 9.17) is 0 Å². The van der Waals surface area contributed by atoms with Crippen molar-refractivity contribution in [1.29, 1.82) is 0 Å². The van der Waals surface area contributed by atoms with Gasteiger partial charge in [0.2, 0.25) is 0 Å². The fraction of sp³-hybridized carbons (Fsp3) is 0.381. The van der Waals surface area contributed by atoms with Crippen molar-refractivity contribution in [3.8, 4) is 0 Å². The topological polar surface area (TPSA) is 31.9 Å². The van der Waals surface area contributed by atoms with E-state index in [0.29, 0.717) is 0 Å². The normalized spacial score (nSPS) is 15.0. The zero-order valence-corrected chi connectivity index (χ0v) is 15.8. The van der Waals surface area contributed by atoms with Crippen molar-refractivity contribution in [2.45, 2.75) is 43.9 Å². The van der Waals surface area contributed by atoms with Crippen LogP contribution >= 0.6 is 11.8 Å². The Hall–Kier alpha value is -1.94. The molecule has 25 heavy (non-hydrogen) atoms. The number of H-pyrrole nitrogens is 1. The fourth-order valence-electron chi connectivity index (χ4n) is 3.60. The van der Waals surface area contributed by atoms with E-state index in [9.17, 15) is 0 Å². The second-order valence-corrected chi connectivity index (χ2v) is 7.98. The molecule has 0 saturated carbocycles. The highest BCUT2D eigenvalue weighted by Crippen LogP contribution is 2.30. The van der Waals surface area contributed by atoms with Crippen LogP contribution in [0.1, 0.15) is 36.1 Å². The molecule has 4 heteroatoms. The minimum absolute atomic E-state index is 0.895. The number of fused-ring (bicyclic) bond motifs is 1. The highest BCUT2D eigenvalue weighted by atomic mass is 32.2. The summed E-state index contributed by atoms with van der Waals surface area (Å²) >= 11 is 1.84. The van der Waals surface area contributed by atoms with Crippen LogP contribution in [0.3, 0.4) is 0 Å². The first-order valence-electron chi connectivity index (χ1n) is 9.12. The Morgan fingerprint density at radius 2 is 1.84 bits per heavy atom. The third-order valence-electron chi connectivity index (χ3n) is 5.09. The summed E-state index contributed by atoms with van der Waals surface area (Å²) < 4.78 is 0. The quantitative estimate of drug-likeness (QED) is 0.633. The Balaban J connectivity index is 1.50. The zero-order valence-electron chi connectivity index (χ0n) is 15.0. The number of piperidine rings is 1. The summed E-state index contributed by atoms with van der Waals surface area (Å²) in [5.41, 5.74) is 6.37. The molecule has 1 N–H and O–H groups in total. The van der Waals surface area contributed by atoms with Gasteiger partial charge in [-0.2, -0.15) is 0 Å². The molecular weight excluding hydrogens is 326 g/mol. The van der Waals surface area contributed by atoms with Crippen LogP contribution in [-0.4, -0.2) is 23.1 Å². The van der Waals surface area contributed by atoms with E-state index < -0.39 is 0 Å². The minimum atomic E-state index is 0.895. The van der Waals surface area contributed by atoms with Crippen molar-refractivity contribution in [2.24, 2.45) is 0 Å². The van der Waals surface area contributed by atoms with E-state index in [-0.39, 0.29) is 0 Å². The number of rotatable bonds is 4. The van der Waals surface area contributed by atoms with E-state index in [1.165, 1.54) is 65.1 Å². The number of aromatic nitrogens is 2. The summed E-state index contributed by atoms with van der Waals surface area (Å²) in [6.45, 7) is 6.69. The number of thioether (sulfide) groups is 1. The SMILES string of the molecule is Cc1ccc(C)c2[nH]c(SCc3cc(N4CCCCC4)ccn3)cc12. The van der Waals surface area contributed by atoms with Crippen molar-refractivity contribution in [1.82, 2.24) is 9.97 Å². The summed E-state index contributed by atoms with van der Waals surface area (Å²) in [6.07, 6.45) is 5.93. The number of benzene rings is 1. The summed E-state index contributed by atoms with van der Waals surface area (Å²) in [6, 6.07) is 11.1. The molecule has 1 aromatic carbocycles. The molecule has 4 rings (SSSR count). The van der Waals surface area contributed by atoms with Crippen molar-refractivity contribution in [3.63, 3.8) is 0 Å². The van der Waals surface area contributed by atoms with Crippen LogP contribution in [0.15, 0.2) is 41.6 Å². The maximum absolute atomic E-state index is 4.58. The molecule has 0 amide bonds. The zero-order chi connectivity index (χ0) is 17.2. The smallest absolute Gasteiger partial charge is 0.0736 e. The van der Waals surface area contributed by atoms with Crippen molar-refractivity contribution in [3.05, 3.63) is 53.3 Å². The van der Waals surface area contributed by atoms with Crippen LogP contribution in [0, 0.1) is 13.8 Å². The van der Waals surface area contributed by atoms with Gasteiger partial charge in [0.15, 0.2) is 0 Å². The first kappa shape index (κ1) is 16.5. The predicted octanol–water partition coefficient (Wildman–Crippen LogP) is 5.46. The van der Waals surface area contributed by atoms with Crippen LogP contribution in [-0.2, 0) is 5.75 Å². The summed E-state index contributed by atoms with van der Waals surface area (Å²) in [5.74, 6) is 0.895. The van der Waals surface area contributed by atoms with Gasteiger partial charge in [0, 0.05) is 41.6 Å². The number of hydrogen-bond donors (Lipinski definition) is 1. The van der Waals surface area contributed by atoms with Gasteiger partial charge in [-0.3, -0.25) is 4.98 Å². The van der Waals surface area contributed by atoms with Crippen LogP contribution in [0.2, 0.25) is 0 Å². The molecule has 1 fully saturated rings. The maximum atomic E-state index is 4.58. The molecule has 2 aromatic heterocycles. The summed E-state index contributed by atoms with van der Waals surface area (Å²) in [7, 11) is 0. The molecule has 0 radical (unpaired) electrons. The molecule has 0 unspecified atom stereocenters. The van der Waals surface area contributed by atoms with E-state index in [0.717, 1.165) is 11.4 Å². The largest absolute Gasteiger partial charge is 0.371 e. The number of aryl methyl sites for hydroxylation is 2. The van der Waals surface area contributed by atoms with E-state index in [1.54, 1.807) is 0 Å². The van der Waals surface area contributed by atoms with E-state index >= 15 is 0 Å². The molecule has 130 valence electrons. The van der Waals surface area contributed by atoms with Crippen molar-refractivity contribution < 1.29 is 0 Å². The molecule has 0 spiro atoms. The van der Waals surface area contributed by atoms with Crippen molar-refractivity contribution in [2.75, 3.05) is 18.0 Å². The Kier molecular flexibility index (Phi) is 4.71. The highest BCUT2D eigenvalue weighted by molar-refractivity contribution is 7.98. The van der Waals surface area contributed by atoms with Gasteiger partial charge in [-0.1, -0.05) is 12.1 Å². The molecule has 0 aliphatic carbocycles. The van der Waals surface area contributed by atoms with Gasteiger partial charge in [-0.05, 0) is 62.4 Å². The van der Waals surface area contributed by atoms with E-state index in [1.807, 2.05) is 18.0 Å². The van der Waals surface area contributed by atoms with Gasteiger partial charge in [-0.25, -0.2) is 0 Å². The predicted molar refractivity (Wildman–Crippen MR) is 108 cm³/mol. The average Bonchev–Trinajstić information content (AvgIpc) is 3.10. The number of nitrogens with one attached hydrogen (secondary N) is 1. The molecule has 1 aliphatic rings. The second kappa shape index (κ2) is 7.12. The summed E-state index contributed by atoms with van der Waals surface area (Å²) in [4.78, 5) is 10.6. The second-order valence-electron chi connectivity index (χ2n) is 6.96. The standard InChI is InChI=1S/C21H25N3S/c1-15-6-7-16(2)21-19(15)13-20(23-21)25-14-17-12-18(8-9-22-17)24-10-4-3-5-11-24/h6-9,12-13,23H,3-5,10-11,14H2,1-2H3. The van der Waals surface area contributed by atoms with Gasteiger partial charge in [0.05, 0.1) is 10.7 Å². The molecule has 3 heterocycles. The molecule has 1 saturated heterocycles. The molecule has 3 nitrogen and oxygen atoms in total. The molecule has 3 aromatic rings. The van der Waals surface area contributed by atoms with Gasteiger partial charge >= 0.3 is 0 Å². The Labute approximate surface area is 153 Å². The molecule has 1 aliphatic heterocycles. The number of pyridine rings is 1. The maximum Gasteiger partial charge on any atom is 0.0736 e. The third kappa shape index (κ3) is 3.54. The van der Waals surface area contributed by atoms with Crippen LogP contribution in [0.25, 0.3) is 10.9 Å². The Bertz CT molecular complexity index is 839. The van der Waals surface area contributed by atoms with Crippen LogP contribution in [0.5, 0.6) is 0 Å². The third-order valence-corrected chi connectivity index (χ3v) is 6.06. The number of hydrogen-bond acceptors (Lipinski definition) is 3. The van der Waals surface area contributed by atoms with Gasteiger partial charge in [0.25, 0.3) is 0 Å².